The molecule has 4 aromatic carbocycles. The van der Waals surface area contributed by atoms with Crippen molar-refractivity contribution in [1.82, 2.24) is 9.38 Å². The number of hydrogen-bond donors (Lipinski definition) is 0. The number of allylic oxidation sites excluding steroid dienone is 1. The fourth-order valence-corrected chi connectivity index (χ4v) is 9.40. The Balaban J connectivity index is 1.18. The molecule has 0 unspecified atom stereocenters. The fourth-order valence-electron chi connectivity index (χ4n) is 9.40. The van der Waals surface area contributed by atoms with Crippen LogP contribution in [0.15, 0.2) is 76.4 Å². The summed E-state index contributed by atoms with van der Waals surface area (Å²) in [4.78, 5) is 59.5. The van der Waals surface area contributed by atoms with Crippen LogP contribution in [0.5, 0.6) is 17.2 Å². The number of rotatable bonds is 14. The van der Waals surface area contributed by atoms with E-state index in [1.807, 2.05) is 26.0 Å². The van der Waals surface area contributed by atoms with Crippen molar-refractivity contribution in [2.75, 3.05) is 33.4 Å². The van der Waals surface area contributed by atoms with Gasteiger partial charge in [-0.25, -0.2) is 9.59 Å². The quantitative estimate of drug-likeness (QED) is 0.0458. The van der Waals surface area contributed by atoms with Crippen molar-refractivity contribution < 1.29 is 46.8 Å². The molecule has 0 N–H and O–H groups in total. The second-order valence-corrected chi connectivity index (χ2v) is 18.0. The van der Waals surface area contributed by atoms with Crippen LogP contribution in [0.2, 0.25) is 0 Å². The summed E-state index contributed by atoms with van der Waals surface area (Å²) in [7, 11) is -1.33. The molecule has 11 nitrogen and oxygen atoms in total. The van der Waals surface area contributed by atoms with Gasteiger partial charge in [-0.1, -0.05) is 39.0 Å². The van der Waals surface area contributed by atoms with Crippen molar-refractivity contribution in [3.8, 4) is 28.4 Å². The van der Waals surface area contributed by atoms with Gasteiger partial charge in [0, 0.05) is 58.0 Å². The smallest absolute Gasteiger partial charge is 0.494 e. The number of aldehydes is 1. The third kappa shape index (κ3) is 8.69. The van der Waals surface area contributed by atoms with Crippen molar-refractivity contribution >= 4 is 53.6 Å². The maximum absolute atomic E-state index is 15.3. The highest BCUT2D eigenvalue weighted by Crippen LogP contribution is 2.49. The van der Waals surface area contributed by atoms with Gasteiger partial charge in [-0.3, -0.25) is 23.2 Å². The average Bonchev–Trinajstić information content (AvgIpc) is 3.72. The largest absolute Gasteiger partial charge is 0.677 e. The fraction of sp³-hybridized carbons (Fsp3) is 0.340. The van der Waals surface area contributed by atoms with Crippen LogP contribution in [0.3, 0.4) is 0 Å². The number of halogens is 2. The van der Waals surface area contributed by atoms with Crippen molar-refractivity contribution in [3.05, 3.63) is 127 Å². The maximum atomic E-state index is 15.3. The van der Waals surface area contributed by atoms with Gasteiger partial charge >= 0.3 is 19.3 Å². The number of ether oxygens (including phenoxy) is 4. The zero-order valence-electron chi connectivity index (χ0n) is 40.2. The topological polar surface area (TPSA) is 126 Å². The first-order valence-electron chi connectivity index (χ1n) is 22.5. The number of carbonyl (C=O) groups is 4. The predicted molar refractivity (Wildman–Crippen MR) is 258 cm³/mol. The molecule has 14 heteroatoms. The van der Waals surface area contributed by atoms with E-state index in [1.165, 1.54) is 6.92 Å². The zero-order valence-corrected chi connectivity index (χ0v) is 40.2. The molecule has 0 saturated carbocycles. The molecule has 348 valence electrons. The first-order valence-corrected chi connectivity index (χ1v) is 22.5. The maximum Gasteiger partial charge on any atom is 0.677 e. The summed E-state index contributed by atoms with van der Waals surface area (Å²) < 4.78 is 54.7. The number of nitrogens with zero attached hydrogens (tertiary/aromatic N) is 3. The Morgan fingerprint density at radius 3 is 2.12 bits per heavy atom. The number of aliphatic imine (C=N–C) groups is 1. The summed E-state index contributed by atoms with van der Waals surface area (Å²) >= 11 is 0. The van der Waals surface area contributed by atoms with E-state index < -0.39 is 19.3 Å². The summed E-state index contributed by atoms with van der Waals surface area (Å²) in [6.07, 6.45) is 1.22. The number of amides is 1. The van der Waals surface area contributed by atoms with Crippen molar-refractivity contribution in [1.29, 1.82) is 0 Å². The van der Waals surface area contributed by atoms with Crippen LogP contribution in [-0.2, 0) is 19.7 Å². The Morgan fingerprint density at radius 1 is 0.836 bits per heavy atom. The third-order valence-electron chi connectivity index (χ3n) is 12.6. The molecule has 67 heavy (non-hydrogen) atoms. The average molecular weight is 912 g/mol. The highest BCUT2D eigenvalue weighted by atomic mass is 19.2. The molecule has 7 rings (SSSR count). The lowest BCUT2D eigenvalue weighted by Crippen LogP contribution is -2.29. The van der Waals surface area contributed by atoms with Crippen LogP contribution in [0.4, 0.5) is 8.63 Å². The summed E-state index contributed by atoms with van der Waals surface area (Å²) in [5, 5.41) is 1.25. The van der Waals surface area contributed by atoms with E-state index in [0.717, 1.165) is 27.5 Å². The number of carbonyl (C=O) groups excluding carboxylic acids is 4. The Kier molecular flexibility index (Phi) is 13.5. The first-order chi connectivity index (χ1) is 31.7. The highest BCUT2D eigenvalue weighted by Gasteiger charge is 2.37. The van der Waals surface area contributed by atoms with E-state index in [1.54, 1.807) is 76.9 Å². The predicted octanol–water partition coefficient (Wildman–Crippen LogP) is 11.4. The Labute approximate surface area is 390 Å². The van der Waals surface area contributed by atoms with E-state index in [-0.39, 0.29) is 59.2 Å². The number of esters is 2. The molecule has 0 spiro atoms. The van der Waals surface area contributed by atoms with Gasteiger partial charge in [-0.05, 0) is 143 Å². The van der Waals surface area contributed by atoms with Crippen molar-refractivity contribution in [2.24, 2.45) is 4.99 Å². The van der Waals surface area contributed by atoms with Gasteiger partial charge < -0.3 is 28.3 Å². The number of aromatic nitrogens is 1. The van der Waals surface area contributed by atoms with Crippen LogP contribution >= 0.6 is 0 Å². The standard InChI is InChI=1S/C53H56BF2N3O8/c1-13-64-51(62)43-30(5)48(57-32(43)7)47(49-31(6)44(52(63)65-14-2)33(8)59(49)54(55)56)42-28(3)24-36(25-29(42)4)66-23-15-22-58(12)50(61)38-19-21-41-46-37(18-16-34(27-60)45(38)46)39-26-35(53(9,10)11)17-20-40(39)67-41/h16-21,24-27H,13-15,22-23H2,1-12H3/b48-47-. The van der Waals surface area contributed by atoms with Gasteiger partial charge in [-0.2, -0.15) is 0 Å². The van der Waals surface area contributed by atoms with Gasteiger partial charge in [0.25, 0.3) is 5.91 Å². The molecule has 0 fully saturated rings. The molecular formula is C53H56BF2N3O8. The van der Waals surface area contributed by atoms with E-state index in [9.17, 15) is 19.2 Å². The number of benzene rings is 4. The van der Waals surface area contributed by atoms with Crippen LogP contribution in [0, 0.1) is 27.7 Å². The van der Waals surface area contributed by atoms with Gasteiger partial charge in [0.1, 0.15) is 17.2 Å². The Bertz CT molecular complexity index is 2970. The summed E-state index contributed by atoms with van der Waals surface area (Å²) in [6, 6.07) is 16.9. The third-order valence-corrected chi connectivity index (χ3v) is 12.6. The minimum absolute atomic E-state index is 0.0303. The lowest BCUT2D eigenvalue weighted by molar-refractivity contribution is -0.137. The monoisotopic (exact) mass is 911 g/mol. The van der Waals surface area contributed by atoms with Gasteiger partial charge in [0.2, 0.25) is 0 Å². The molecule has 5 aromatic rings. The lowest BCUT2D eigenvalue weighted by atomic mass is 9.83. The molecular weight excluding hydrogens is 855 g/mol. The minimum atomic E-state index is -3.04. The van der Waals surface area contributed by atoms with Gasteiger partial charge in [0.15, 0.2) is 6.29 Å². The molecule has 1 amide bonds. The molecule has 1 aromatic heterocycles. The minimum Gasteiger partial charge on any atom is -0.494 e. The Hall–Kier alpha value is -6.83. The first kappa shape index (κ1) is 48.1. The normalized spacial score (nSPS) is 13.8. The van der Waals surface area contributed by atoms with Crippen molar-refractivity contribution in [3.63, 3.8) is 0 Å². The van der Waals surface area contributed by atoms with Crippen LogP contribution in [0.1, 0.15) is 125 Å². The summed E-state index contributed by atoms with van der Waals surface area (Å²) in [5.74, 6) is 0.238. The lowest BCUT2D eigenvalue weighted by Gasteiger charge is -2.27. The molecule has 0 bridgehead atoms. The molecule has 0 radical (unpaired) electrons. The van der Waals surface area contributed by atoms with Gasteiger partial charge in [0.05, 0.1) is 42.4 Å². The molecule has 3 heterocycles. The number of aryl methyl sites for hydroxylation is 2. The van der Waals surface area contributed by atoms with E-state index in [2.05, 4.69) is 32.9 Å². The van der Waals surface area contributed by atoms with Crippen LogP contribution in [0.25, 0.3) is 27.5 Å². The molecule has 2 aliphatic rings. The number of hydrogen-bond acceptors (Lipinski definition) is 9. The second-order valence-electron chi connectivity index (χ2n) is 18.0. The second kappa shape index (κ2) is 18.8. The van der Waals surface area contributed by atoms with E-state index in [4.69, 9.17) is 23.9 Å². The van der Waals surface area contributed by atoms with E-state index in [0.29, 0.717) is 91.4 Å². The summed E-state index contributed by atoms with van der Waals surface area (Å²) in [5.41, 5.74) is 7.60. The molecule has 2 aliphatic heterocycles. The number of fused-ring (bicyclic) bond motifs is 2. The van der Waals surface area contributed by atoms with Gasteiger partial charge in [-0.15, -0.1) is 0 Å². The highest BCUT2D eigenvalue weighted by molar-refractivity contribution is 6.42. The molecule has 0 aliphatic carbocycles. The molecule has 0 saturated heterocycles. The van der Waals surface area contributed by atoms with Crippen molar-refractivity contribution in [2.45, 2.75) is 88.0 Å². The van der Waals surface area contributed by atoms with E-state index >= 15 is 8.63 Å². The Morgan fingerprint density at radius 2 is 1.49 bits per heavy atom. The SMILES string of the molecule is CCOC(=O)C1=C(C)/C(=C(\c2c(C)cc(OCCCN(C)C(=O)c3ccc4c5c(ccc(C=O)c35)-c3cc(C(C)(C)C)ccc3O4)cc2C)c2c(C)c(C(=O)OCC)c(C)n2B(F)F)N=C1C. The van der Waals surface area contributed by atoms with Crippen LogP contribution < -0.4 is 9.47 Å². The zero-order chi connectivity index (χ0) is 48.8. The summed E-state index contributed by atoms with van der Waals surface area (Å²) in [6.45, 7) is 20.7. The molecule has 0 atom stereocenters. The van der Waals surface area contributed by atoms with Crippen LogP contribution in [-0.4, -0.2) is 80.0 Å².